The number of carbonyl (C=O) groups is 2. The number of alkyl halides is 3. The Morgan fingerprint density at radius 2 is 1.68 bits per heavy atom. The summed E-state index contributed by atoms with van der Waals surface area (Å²) in [6.07, 6.45) is -2.64. The Hall–Kier alpha value is -3.23. The molecule has 0 aromatic heterocycles. The minimum Gasteiger partial charge on any atom is -0.493 e. The third-order valence-electron chi connectivity index (χ3n) is 5.97. The van der Waals surface area contributed by atoms with Crippen molar-refractivity contribution in [3.05, 3.63) is 58.7 Å². The molecule has 34 heavy (non-hydrogen) atoms. The van der Waals surface area contributed by atoms with Crippen molar-refractivity contribution < 1.29 is 37.0 Å². The lowest BCUT2D eigenvalue weighted by atomic mass is 9.86. The number of fused-ring (bicyclic) bond motifs is 1. The molecule has 0 radical (unpaired) electrons. The number of rotatable bonds is 8. The second kappa shape index (κ2) is 10.8. The summed E-state index contributed by atoms with van der Waals surface area (Å²) in [6, 6.07) is 7.89. The van der Waals surface area contributed by atoms with Gasteiger partial charge in [-0.2, -0.15) is 13.2 Å². The fraction of sp³-hybridized carbons (Fsp3) is 0.440. The number of benzene rings is 2. The van der Waals surface area contributed by atoms with Gasteiger partial charge >= 0.3 is 12.1 Å². The lowest BCUT2D eigenvalue weighted by molar-refractivity contribution is -0.141. The molecule has 0 aliphatic carbocycles. The van der Waals surface area contributed by atoms with E-state index in [1.807, 2.05) is 6.07 Å². The lowest BCUT2D eigenvalue weighted by Gasteiger charge is -2.38. The Labute approximate surface area is 196 Å². The normalized spacial score (nSPS) is 15.5. The third-order valence-corrected chi connectivity index (χ3v) is 5.97. The van der Waals surface area contributed by atoms with E-state index < -0.39 is 17.8 Å². The molecule has 1 atom stereocenters. The van der Waals surface area contributed by atoms with Gasteiger partial charge in [0.05, 0.1) is 32.9 Å². The van der Waals surface area contributed by atoms with Crippen molar-refractivity contribution in [1.29, 1.82) is 0 Å². The van der Waals surface area contributed by atoms with Crippen molar-refractivity contribution >= 4 is 11.9 Å². The molecule has 2 aromatic rings. The molecule has 0 spiro atoms. The van der Waals surface area contributed by atoms with Crippen LogP contribution in [0.5, 0.6) is 11.5 Å². The van der Waals surface area contributed by atoms with Crippen LogP contribution in [0.4, 0.5) is 13.2 Å². The molecule has 1 unspecified atom stereocenters. The Balaban J connectivity index is 1.98. The topological polar surface area (TPSA) is 65.1 Å². The van der Waals surface area contributed by atoms with Crippen LogP contribution in [0.25, 0.3) is 0 Å². The molecule has 1 aliphatic heterocycles. The molecule has 0 fully saturated rings. The predicted octanol–water partition coefficient (Wildman–Crippen LogP) is 4.93. The van der Waals surface area contributed by atoms with E-state index in [0.717, 1.165) is 17.7 Å². The van der Waals surface area contributed by atoms with Crippen LogP contribution < -0.4 is 9.47 Å². The quantitative estimate of drug-likeness (QED) is 0.397. The summed E-state index contributed by atoms with van der Waals surface area (Å²) in [5.41, 5.74) is 1.18. The average Bonchev–Trinajstić information content (AvgIpc) is 2.84. The van der Waals surface area contributed by atoms with E-state index in [-0.39, 0.29) is 24.7 Å². The number of amides is 1. The van der Waals surface area contributed by atoms with Gasteiger partial charge in [0, 0.05) is 19.4 Å². The Bertz CT molecular complexity index is 1040. The van der Waals surface area contributed by atoms with Crippen LogP contribution in [0, 0.1) is 0 Å². The summed E-state index contributed by atoms with van der Waals surface area (Å²) in [5, 5.41) is 0. The molecular formula is C25H28F3NO5. The number of halogens is 3. The number of esters is 1. The predicted molar refractivity (Wildman–Crippen MR) is 119 cm³/mol. The molecule has 9 heteroatoms. The van der Waals surface area contributed by atoms with Crippen LogP contribution in [0.15, 0.2) is 36.4 Å². The number of methoxy groups -OCH3 is 3. The van der Waals surface area contributed by atoms with E-state index in [2.05, 4.69) is 4.74 Å². The minimum atomic E-state index is -4.51. The smallest absolute Gasteiger partial charge is 0.416 e. The van der Waals surface area contributed by atoms with Gasteiger partial charge in [0.25, 0.3) is 0 Å². The maximum atomic E-state index is 13.4. The summed E-state index contributed by atoms with van der Waals surface area (Å²) in [6.45, 7) is 0.346. The van der Waals surface area contributed by atoms with Gasteiger partial charge in [-0.3, -0.25) is 9.59 Å². The van der Waals surface area contributed by atoms with Gasteiger partial charge in [0.15, 0.2) is 11.5 Å². The van der Waals surface area contributed by atoms with Crippen LogP contribution in [0.3, 0.4) is 0 Å². The van der Waals surface area contributed by atoms with Gasteiger partial charge in [0.2, 0.25) is 5.91 Å². The first-order valence-corrected chi connectivity index (χ1v) is 11.0. The monoisotopic (exact) mass is 479 g/mol. The van der Waals surface area contributed by atoms with Crippen LogP contribution in [0.1, 0.15) is 54.0 Å². The Kier molecular flexibility index (Phi) is 8.06. The van der Waals surface area contributed by atoms with E-state index in [1.54, 1.807) is 17.0 Å². The van der Waals surface area contributed by atoms with Crippen molar-refractivity contribution in [3.8, 4) is 11.5 Å². The van der Waals surface area contributed by atoms with E-state index >= 15 is 0 Å². The molecular weight excluding hydrogens is 451 g/mol. The van der Waals surface area contributed by atoms with E-state index in [1.165, 1.54) is 27.4 Å². The summed E-state index contributed by atoms with van der Waals surface area (Å²) in [4.78, 5) is 26.1. The molecule has 1 heterocycles. The maximum Gasteiger partial charge on any atom is 0.416 e. The van der Waals surface area contributed by atoms with Gasteiger partial charge in [0.1, 0.15) is 0 Å². The fourth-order valence-corrected chi connectivity index (χ4v) is 4.25. The largest absolute Gasteiger partial charge is 0.493 e. The van der Waals surface area contributed by atoms with Gasteiger partial charge in [-0.15, -0.1) is 0 Å². The van der Waals surface area contributed by atoms with Crippen LogP contribution >= 0.6 is 0 Å². The highest BCUT2D eigenvalue weighted by molar-refractivity contribution is 5.78. The molecule has 3 rings (SSSR count). The molecule has 0 saturated carbocycles. The van der Waals surface area contributed by atoms with Gasteiger partial charge < -0.3 is 19.1 Å². The first-order valence-electron chi connectivity index (χ1n) is 11.0. The second-order valence-corrected chi connectivity index (χ2v) is 8.05. The van der Waals surface area contributed by atoms with Crippen LogP contribution in [-0.2, 0) is 26.9 Å². The zero-order valence-corrected chi connectivity index (χ0v) is 19.4. The van der Waals surface area contributed by atoms with E-state index in [9.17, 15) is 22.8 Å². The molecule has 0 N–H and O–H groups in total. The molecule has 6 nitrogen and oxygen atoms in total. The summed E-state index contributed by atoms with van der Waals surface area (Å²) < 4.78 is 55.8. The second-order valence-electron chi connectivity index (χ2n) is 8.05. The lowest BCUT2D eigenvalue weighted by Crippen LogP contribution is -2.40. The highest BCUT2D eigenvalue weighted by Gasteiger charge is 2.36. The molecule has 1 aliphatic rings. The summed E-state index contributed by atoms with van der Waals surface area (Å²) in [7, 11) is 4.31. The molecule has 2 aromatic carbocycles. The number of carbonyl (C=O) groups excluding carboxylic acids is 2. The van der Waals surface area contributed by atoms with Crippen molar-refractivity contribution in [2.24, 2.45) is 0 Å². The fourth-order valence-electron chi connectivity index (χ4n) is 4.25. The average molecular weight is 479 g/mol. The SMILES string of the molecule is COC(=O)CCCCC(=O)N1CCc2cc(OC)c(OC)cc2C1c1cccc(C(F)(F)F)c1. The number of nitrogens with zero attached hydrogens (tertiary/aromatic N) is 1. The zero-order valence-electron chi connectivity index (χ0n) is 19.4. The number of unbranched alkanes of at least 4 members (excludes halogenated alkanes) is 1. The number of ether oxygens (including phenoxy) is 3. The van der Waals surface area contributed by atoms with E-state index in [0.29, 0.717) is 48.4 Å². The van der Waals surface area contributed by atoms with E-state index in [4.69, 9.17) is 9.47 Å². The third kappa shape index (κ3) is 5.63. The highest BCUT2D eigenvalue weighted by atomic mass is 19.4. The molecule has 0 bridgehead atoms. The Morgan fingerprint density at radius 1 is 1.00 bits per heavy atom. The summed E-state index contributed by atoms with van der Waals surface area (Å²) in [5.74, 6) is 0.423. The number of hydrogen-bond donors (Lipinski definition) is 0. The molecule has 1 amide bonds. The number of hydrogen-bond acceptors (Lipinski definition) is 5. The minimum absolute atomic E-state index is 0.176. The van der Waals surface area contributed by atoms with Crippen molar-refractivity contribution in [2.45, 2.75) is 44.3 Å². The molecule has 184 valence electrons. The first kappa shape index (κ1) is 25.4. The standard InChI is InChI=1S/C25H28F3NO5/c1-32-20-14-16-11-12-29(22(30)9-4-5-10-23(31)34-3)24(19(16)15-21(20)33-2)17-7-6-8-18(13-17)25(26,27)28/h6-8,13-15,24H,4-5,9-12H2,1-3H3. The van der Waals surface area contributed by atoms with Gasteiger partial charge in [-0.05, 0) is 60.2 Å². The van der Waals surface area contributed by atoms with Crippen molar-refractivity contribution in [2.75, 3.05) is 27.9 Å². The first-order chi connectivity index (χ1) is 16.2. The van der Waals surface area contributed by atoms with Crippen LogP contribution in [-0.4, -0.2) is 44.7 Å². The van der Waals surface area contributed by atoms with Crippen LogP contribution in [0.2, 0.25) is 0 Å². The highest BCUT2D eigenvalue weighted by Crippen LogP contribution is 2.42. The summed E-state index contributed by atoms with van der Waals surface area (Å²) >= 11 is 0. The maximum absolute atomic E-state index is 13.4. The van der Waals surface area contributed by atoms with Crippen molar-refractivity contribution in [1.82, 2.24) is 4.90 Å². The molecule has 0 saturated heterocycles. The van der Waals surface area contributed by atoms with Gasteiger partial charge in [-0.1, -0.05) is 12.1 Å². The Morgan fingerprint density at radius 3 is 2.32 bits per heavy atom. The zero-order chi connectivity index (χ0) is 24.9. The van der Waals surface area contributed by atoms with Crippen molar-refractivity contribution in [3.63, 3.8) is 0 Å². The van der Waals surface area contributed by atoms with Gasteiger partial charge in [-0.25, -0.2) is 0 Å².